The summed E-state index contributed by atoms with van der Waals surface area (Å²) in [4.78, 5) is 21.4. The third-order valence-electron chi connectivity index (χ3n) is 6.67. The lowest BCUT2D eigenvalue weighted by Crippen LogP contribution is -2.38. The van der Waals surface area contributed by atoms with Gasteiger partial charge in [-0.3, -0.25) is 13.7 Å². The molecule has 2 aliphatic rings. The van der Waals surface area contributed by atoms with Crippen molar-refractivity contribution in [3.05, 3.63) is 71.4 Å². The second kappa shape index (κ2) is 9.67. The Morgan fingerprint density at radius 3 is 2.81 bits per heavy atom. The van der Waals surface area contributed by atoms with Crippen LogP contribution in [-0.2, 0) is 20.9 Å². The molecule has 2 aliphatic carbocycles. The minimum atomic E-state index is -4.08. The Morgan fingerprint density at radius 2 is 2.00 bits per heavy atom. The van der Waals surface area contributed by atoms with Crippen molar-refractivity contribution in [3.8, 4) is 0 Å². The van der Waals surface area contributed by atoms with E-state index in [-0.39, 0.29) is 29.5 Å². The zero-order chi connectivity index (χ0) is 25.4. The molecule has 0 amide bonds. The van der Waals surface area contributed by atoms with Crippen LogP contribution >= 0.6 is 0 Å². The Bertz CT molecular complexity index is 1380. The maximum absolute atomic E-state index is 13.3. The second-order valence-electron chi connectivity index (χ2n) is 8.81. The van der Waals surface area contributed by atoms with Crippen molar-refractivity contribution in [3.63, 3.8) is 0 Å². The first kappa shape index (κ1) is 24.5. The van der Waals surface area contributed by atoms with E-state index >= 15 is 0 Å². The number of aliphatic hydroxyl groups is 2. The van der Waals surface area contributed by atoms with Gasteiger partial charge in [-0.1, -0.05) is 24.3 Å². The minimum absolute atomic E-state index is 0.0450. The molecule has 190 valence electrons. The van der Waals surface area contributed by atoms with Crippen LogP contribution in [0.5, 0.6) is 0 Å². The molecule has 1 aromatic carbocycles. The first-order chi connectivity index (χ1) is 17.3. The van der Waals surface area contributed by atoms with Gasteiger partial charge in [0.25, 0.3) is 0 Å². The number of ketones is 1. The molecule has 3 aromatic rings. The van der Waals surface area contributed by atoms with Crippen molar-refractivity contribution < 1.29 is 27.6 Å². The molecule has 13 heteroatoms. The van der Waals surface area contributed by atoms with E-state index in [0.29, 0.717) is 0 Å². The molecular formula is C23H26N6O6S. The fourth-order valence-corrected chi connectivity index (χ4v) is 5.42. The summed E-state index contributed by atoms with van der Waals surface area (Å²) in [7, 11) is -2.90. The van der Waals surface area contributed by atoms with E-state index in [1.807, 2.05) is 16.9 Å². The van der Waals surface area contributed by atoms with Crippen molar-refractivity contribution >= 4 is 21.9 Å². The Balaban J connectivity index is 1.34. The summed E-state index contributed by atoms with van der Waals surface area (Å²) in [6.45, 7) is 0. The zero-order valence-electron chi connectivity index (χ0n) is 19.4. The van der Waals surface area contributed by atoms with Gasteiger partial charge in [0.15, 0.2) is 0 Å². The van der Waals surface area contributed by atoms with Gasteiger partial charge in [0.05, 0.1) is 17.6 Å². The maximum atomic E-state index is 13.3. The molecule has 0 radical (unpaired) electrons. The van der Waals surface area contributed by atoms with Crippen LogP contribution in [0.3, 0.4) is 0 Å². The van der Waals surface area contributed by atoms with Crippen molar-refractivity contribution in [2.75, 3.05) is 12.4 Å². The SMILES string of the molecule is CNS(=O)(=O)O[C@@H]1C[C@@H](Nc2ncncc2C(=O)c2ccn([C@H]3CCc4ccccc43)n2)[C@H](O)[C@H]1O. The number of aromatic nitrogens is 4. The highest BCUT2D eigenvalue weighted by Crippen LogP contribution is 2.34. The number of fused-ring (bicyclic) bond motifs is 1. The molecular weight excluding hydrogens is 488 g/mol. The highest BCUT2D eigenvalue weighted by atomic mass is 32.2. The van der Waals surface area contributed by atoms with E-state index in [0.717, 1.165) is 12.8 Å². The summed E-state index contributed by atoms with van der Waals surface area (Å²) < 4.78 is 32.1. The highest BCUT2D eigenvalue weighted by molar-refractivity contribution is 7.84. The summed E-state index contributed by atoms with van der Waals surface area (Å²) in [5.74, 6) is -0.286. The number of benzene rings is 1. The summed E-state index contributed by atoms with van der Waals surface area (Å²) in [6, 6.07) is 9.04. The molecule has 2 heterocycles. The molecule has 0 spiro atoms. The summed E-state index contributed by atoms with van der Waals surface area (Å²) in [6.07, 6.45) is 2.15. The van der Waals surface area contributed by atoms with Crippen LogP contribution in [0, 0.1) is 0 Å². The topological polar surface area (TPSA) is 169 Å². The number of nitrogens with one attached hydrogen (secondary N) is 2. The van der Waals surface area contributed by atoms with E-state index in [4.69, 9.17) is 4.18 Å². The Morgan fingerprint density at radius 1 is 1.19 bits per heavy atom. The van der Waals surface area contributed by atoms with Crippen LogP contribution < -0.4 is 10.0 Å². The molecule has 5 atom stereocenters. The van der Waals surface area contributed by atoms with Crippen LogP contribution in [0.2, 0.25) is 0 Å². The van der Waals surface area contributed by atoms with Gasteiger partial charge in [-0.25, -0.2) is 9.97 Å². The predicted octanol–water partition coefficient (Wildman–Crippen LogP) is 0.195. The average Bonchev–Trinajstić information content (AvgIpc) is 3.59. The van der Waals surface area contributed by atoms with Crippen LogP contribution in [0.25, 0.3) is 0 Å². The van der Waals surface area contributed by atoms with Crippen LogP contribution in [0.4, 0.5) is 5.82 Å². The first-order valence-electron chi connectivity index (χ1n) is 11.5. The molecule has 5 rings (SSSR count). The van der Waals surface area contributed by atoms with Gasteiger partial charge in [-0.05, 0) is 30.0 Å². The number of hydrogen-bond acceptors (Lipinski definition) is 10. The monoisotopic (exact) mass is 514 g/mol. The molecule has 0 unspecified atom stereocenters. The quantitative estimate of drug-likeness (QED) is 0.305. The summed E-state index contributed by atoms with van der Waals surface area (Å²) in [5.41, 5.74) is 2.81. The molecule has 2 aromatic heterocycles. The lowest BCUT2D eigenvalue weighted by molar-refractivity contribution is -0.00882. The van der Waals surface area contributed by atoms with Gasteiger partial charge < -0.3 is 15.5 Å². The highest BCUT2D eigenvalue weighted by Gasteiger charge is 2.44. The number of carbonyl (C=O) groups excluding carboxylic acids is 1. The number of anilines is 1. The Hall–Kier alpha value is -3.23. The lowest BCUT2D eigenvalue weighted by atomic mass is 10.1. The average molecular weight is 515 g/mol. The molecule has 0 aliphatic heterocycles. The number of aryl methyl sites for hydroxylation is 1. The van der Waals surface area contributed by atoms with Gasteiger partial charge in [0, 0.05) is 25.9 Å². The van der Waals surface area contributed by atoms with Crippen LogP contribution in [-0.4, -0.2) is 75.6 Å². The van der Waals surface area contributed by atoms with E-state index in [1.165, 1.54) is 30.7 Å². The lowest BCUT2D eigenvalue weighted by Gasteiger charge is -2.19. The van der Waals surface area contributed by atoms with Crippen molar-refractivity contribution in [1.29, 1.82) is 0 Å². The minimum Gasteiger partial charge on any atom is -0.388 e. The molecule has 36 heavy (non-hydrogen) atoms. The number of hydrogen-bond donors (Lipinski definition) is 4. The van der Waals surface area contributed by atoms with Gasteiger partial charge in [0.1, 0.15) is 36.2 Å². The number of nitrogens with zero attached hydrogens (tertiary/aromatic N) is 4. The van der Waals surface area contributed by atoms with Gasteiger partial charge in [-0.2, -0.15) is 18.2 Å². The zero-order valence-corrected chi connectivity index (χ0v) is 20.2. The number of carbonyl (C=O) groups is 1. The first-order valence-corrected chi connectivity index (χ1v) is 12.9. The summed E-state index contributed by atoms with van der Waals surface area (Å²) in [5, 5.41) is 28.2. The third kappa shape index (κ3) is 4.63. The fourth-order valence-electron chi connectivity index (χ4n) is 4.80. The second-order valence-corrected chi connectivity index (χ2v) is 10.3. The molecule has 0 saturated heterocycles. The molecule has 12 nitrogen and oxygen atoms in total. The van der Waals surface area contributed by atoms with Crippen molar-refractivity contribution in [2.24, 2.45) is 0 Å². The maximum Gasteiger partial charge on any atom is 0.335 e. The fraction of sp³-hybridized carbons (Fsp3) is 0.391. The summed E-state index contributed by atoms with van der Waals surface area (Å²) >= 11 is 0. The number of aliphatic hydroxyl groups excluding tert-OH is 2. The largest absolute Gasteiger partial charge is 0.388 e. The molecule has 4 N–H and O–H groups in total. The van der Waals surface area contributed by atoms with E-state index in [2.05, 4.69) is 32.5 Å². The predicted molar refractivity (Wildman–Crippen MR) is 127 cm³/mol. The van der Waals surface area contributed by atoms with Crippen molar-refractivity contribution in [1.82, 2.24) is 24.5 Å². The third-order valence-corrected chi connectivity index (χ3v) is 7.67. The van der Waals surface area contributed by atoms with E-state index in [9.17, 15) is 23.4 Å². The van der Waals surface area contributed by atoms with Gasteiger partial charge in [-0.15, -0.1) is 0 Å². The standard InChI is InChI=1S/C23H26N6O6S/c1-24-36(33,34)35-19-10-17(21(31)22(19)32)27-23-15(11-25-12-26-23)20(30)16-8-9-29(28-16)18-7-6-13-4-2-3-5-14(13)18/h2-5,8-9,11-12,17-19,21-22,24,31-32H,6-7,10H2,1H3,(H,25,26,27)/t17-,18+,19-,21+,22+/m1/s1. The smallest absolute Gasteiger partial charge is 0.335 e. The number of rotatable bonds is 8. The molecule has 1 fully saturated rings. The van der Waals surface area contributed by atoms with E-state index in [1.54, 1.807) is 16.9 Å². The Kier molecular flexibility index (Phi) is 6.57. The van der Waals surface area contributed by atoms with Crippen LogP contribution in [0.1, 0.15) is 46.1 Å². The molecule has 1 saturated carbocycles. The normalized spacial score (nSPS) is 25.6. The Labute approximate surface area is 207 Å². The molecule has 0 bridgehead atoms. The van der Waals surface area contributed by atoms with Gasteiger partial charge in [0.2, 0.25) is 5.78 Å². The van der Waals surface area contributed by atoms with Gasteiger partial charge >= 0.3 is 10.3 Å². The van der Waals surface area contributed by atoms with E-state index < -0.39 is 40.4 Å². The van der Waals surface area contributed by atoms with Crippen LogP contribution in [0.15, 0.2) is 49.1 Å². The van der Waals surface area contributed by atoms with Crippen molar-refractivity contribution in [2.45, 2.75) is 49.7 Å².